The van der Waals surface area contributed by atoms with E-state index < -0.39 is 16.7 Å². The first kappa shape index (κ1) is 22.6. The molecule has 0 atom stereocenters. The summed E-state index contributed by atoms with van der Waals surface area (Å²) in [6.07, 6.45) is 1.47. The van der Waals surface area contributed by atoms with Crippen molar-refractivity contribution in [2.24, 2.45) is 5.10 Å². The minimum atomic E-state index is -0.570. The molecule has 0 aliphatic rings. The number of nitrogens with one attached hydrogen (secondary N) is 2. The number of benzene rings is 3. The molecule has 0 fully saturated rings. The van der Waals surface area contributed by atoms with Crippen LogP contribution in [-0.4, -0.2) is 30.1 Å². The van der Waals surface area contributed by atoms with Gasteiger partial charge in [-0.15, -0.1) is 0 Å². The number of halogens is 1. The molecule has 2 N–H and O–H groups in total. The molecule has 0 saturated carbocycles. The highest BCUT2D eigenvalue weighted by molar-refractivity contribution is 9.10. The van der Waals surface area contributed by atoms with E-state index in [9.17, 15) is 19.7 Å². The number of hydrazone groups is 1. The molecular weight excluding hydrogens is 480 g/mol. The fraction of sp³-hybridized carbons (Fsp3) is 0.0455. The van der Waals surface area contributed by atoms with Crippen LogP contribution < -0.4 is 15.5 Å². The summed E-state index contributed by atoms with van der Waals surface area (Å²) in [5.74, 6) is -0.333. The maximum Gasteiger partial charge on any atom is 0.271 e. The molecule has 9 nitrogen and oxygen atoms in total. The molecule has 162 valence electrons. The van der Waals surface area contributed by atoms with E-state index in [2.05, 4.69) is 31.8 Å². The van der Waals surface area contributed by atoms with Crippen molar-refractivity contribution in [3.05, 3.63) is 98.0 Å². The van der Waals surface area contributed by atoms with E-state index in [1.165, 1.54) is 42.6 Å². The van der Waals surface area contributed by atoms with Gasteiger partial charge in [-0.3, -0.25) is 19.7 Å². The largest absolute Gasteiger partial charge is 0.496 e. The third-order valence-corrected chi connectivity index (χ3v) is 4.78. The van der Waals surface area contributed by atoms with Crippen LogP contribution in [0, 0.1) is 10.1 Å². The fourth-order valence-corrected chi connectivity index (χ4v) is 3.08. The number of carbonyl (C=O) groups is 2. The number of methoxy groups -OCH3 is 1. The number of amides is 2. The number of nitro benzene ring substituents is 1. The van der Waals surface area contributed by atoms with Gasteiger partial charge in [-0.2, -0.15) is 5.10 Å². The number of non-ortho nitro benzene ring substituents is 1. The topological polar surface area (TPSA) is 123 Å². The average molecular weight is 497 g/mol. The molecule has 0 heterocycles. The van der Waals surface area contributed by atoms with Crippen LogP contribution in [0.3, 0.4) is 0 Å². The van der Waals surface area contributed by atoms with Crippen LogP contribution in [-0.2, 0) is 0 Å². The van der Waals surface area contributed by atoms with E-state index in [1.54, 1.807) is 31.4 Å². The Kier molecular flexibility index (Phi) is 7.29. The third kappa shape index (κ3) is 5.76. The van der Waals surface area contributed by atoms with Crippen molar-refractivity contribution in [2.45, 2.75) is 0 Å². The van der Waals surface area contributed by atoms with E-state index >= 15 is 0 Å². The normalized spacial score (nSPS) is 10.6. The highest BCUT2D eigenvalue weighted by Gasteiger charge is 2.12. The number of ether oxygens (including phenoxy) is 1. The van der Waals surface area contributed by atoms with Crippen LogP contribution in [0.2, 0.25) is 0 Å². The fourth-order valence-electron chi connectivity index (χ4n) is 2.70. The van der Waals surface area contributed by atoms with Crippen LogP contribution >= 0.6 is 15.9 Å². The molecule has 3 aromatic rings. The molecule has 0 radical (unpaired) electrons. The second-order valence-corrected chi connectivity index (χ2v) is 7.34. The van der Waals surface area contributed by atoms with Gasteiger partial charge in [0.1, 0.15) is 5.75 Å². The molecular formula is C22H17BrN4O5. The monoisotopic (exact) mass is 496 g/mol. The minimum absolute atomic E-state index is 0.151. The zero-order chi connectivity index (χ0) is 23.1. The molecule has 0 aliphatic heterocycles. The van der Waals surface area contributed by atoms with Gasteiger partial charge in [0.15, 0.2) is 0 Å². The number of carbonyl (C=O) groups excluding carboxylic acids is 2. The van der Waals surface area contributed by atoms with Crippen LogP contribution in [0.5, 0.6) is 5.75 Å². The minimum Gasteiger partial charge on any atom is -0.496 e. The Balaban J connectivity index is 1.62. The summed E-state index contributed by atoms with van der Waals surface area (Å²) in [4.78, 5) is 34.9. The van der Waals surface area contributed by atoms with Crippen molar-refractivity contribution in [2.75, 3.05) is 12.4 Å². The number of hydrogen-bond acceptors (Lipinski definition) is 6. The highest BCUT2D eigenvalue weighted by Crippen LogP contribution is 2.21. The smallest absolute Gasteiger partial charge is 0.271 e. The number of hydrogen-bond donors (Lipinski definition) is 2. The number of rotatable bonds is 7. The molecule has 10 heteroatoms. The number of nitro groups is 1. The molecule has 32 heavy (non-hydrogen) atoms. The van der Waals surface area contributed by atoms with Crippen molar-refractivity contribution in [3.63, 3.8) is 0 Å². The van der Waals surface area contributed by atoms with Gasteiger partial charge in [0, 0.05) is 39.0 Å². The standard InChI is InChI=1S/C22H17BrN4O5/c1-32-20-10-7-17(23)11-16(20)13-24-26-22(29)14-5-8-18(9-6-14)25-21(28)15-3-2-4-19(12-15)27(30)31/h2-13H,1H3,(H,25,28)(H,26,29). The van der Waals surface area contributed by atoms with Crippen LogP contribution in [0.4, 0.5) is 11.4 Å². The van der Waals surface area contributed by atoms with Gasteiger partial charge in [0.2, 0.25) is 0 Å². The number of anilines is 1. The third-order valence-electron chi connectivity index (χ3n) is 4.29. The lowest BCUT2D eigenvalue weighted by Gasteiger charge is -2.07. The lowest BCUT2D eigenvalue weighted by molar-refractivity contribution is -0.384. The van der Waals surface area contributed by atoms with E-state index in [0.29, 0.717) is 22.6 Å². The zero-order valence-corrected chi connectivity index (χ0v) is 18.3. The van der Waals surface area contributed by atoms with Gasteiger partial charge < -0.3 is 10.1 Å². The van der Waals surface area contributed by atoms with E-state index in [-0.39, 0.29) is 11.3 Å². The summed E-state index contributed by atoms with van der Waals surface area (Å²) < 4.78 is 6.09. The van der Waals surface area contributed by atoms with Crippen molar-refractivity contribution in [1.29, 1.82) is 0 Å². The van der Waals surface area contributed by atoms with Crippen molar-refractivity contribution >= 4 is 45.3 Å². The lowest BCUT2D eigenvalue weighted by Crippen LogP contribution is -2.18. The Morgan fingerprint density at radius 1 is 1.03 bits per heavy atom. The van der Waals surface area contributed by atoms with Crippen LogP contribution in [0.1, 0.15) is 26.3 Å². The second kappa shape index (κ2) is 10.3. The summed E-state index contributed by atoms with van der Waals surface area (Å²) in [5.41, 5.74) is 3.85. The quantitative estimate of drug-likeness (QED) is 0.285. The van der Waals surface area contributed by atoms with E-state index in [1.807, 2.05) is 6.07 Å². The Bertz CT molecular complexity index is 1200. The van der Waals surface area contributed by atoms with Gasteiger partial charge in [-0.1, -0.05) is 22.0 Å². The lowest BCUT2D eigenvalue weighted by atomic mass is 10.1. The summed E-state index contributed by atoms with van der Waals surface area (Å²) in [6, 6.07) is 16.9. The molecule has 0 aromatic heterocycles. The second-order valence-electron chi connectivity index (χ2n) is 6.42. The molecule has 0 unspecified atom stereocenters. The van der Waals surface area contributed by atoms with E-state index in [4.69, 9.17) is 4.74 Å². The first-order valence-electron chi connectivity index (χ1n) is 9.20. The molecule has 3 rings (SSSR count). The highest BCUT2D eigenvalue weighted by atomic mass is 79.9. The Morgan fingerprint density at radius 2 is 1.78 bits per heavy atom. The molecule has 0 aliphatic carbocycles. The summed E-state index contributed by atoms with van der Waals surface area (Å²) in [5, 5.41) is 17.4. The number of nitrogens with zero attached hydrogens (tertiary/aromatic N) is 2. The molecule has 0 saturated heterocycles. The van der Waals surface area contributed by atoms with Crippen molar-refractivity contribution in [1.82, 2.24) is 5.43 Å². The molecule has 2 amide bonds. The zero-order valence-electron chi connectivity index (χ0n) is 16.7. The first-order chi connectivity index (χ1) is 15.4. The summed E-state index contributed by atoms with van der Waals surface area (Å²) >= 11 is 3.37. The predicted octanol–water partition coefficient (Wildman–Crippen LogP) is 4.38. The van der Waals surface area contributed by atoms with Gasteiger partial charge in [-0.25, -0.2) is 5.43 Å². The van der Waals surface area contributed by atoms with Crippen molar-refractivity contribution in [3.8, 4) is 5.75 Å². The molecule has 3 aromatic carbocycles. The maximum atomic E-state index is 12.3. The van der Waals surface area contributed by atoms with Gasteiger partial charge in [0.05, 0.1) is 18.2 Å². The Hall–Kier alpha value is -4.05. The maximum absolute atomic E-state index is 12.3. The van der Waals surface area contributed by atoms with Gasteiger partial charge >= 0.3 is 0 Å². The van der Waals surface area contributed by atoms with E-state index in [0.717, 1.165) is 4.47 Å². The molecule has 0 spiro atoms. The van der Waals surface area contributed by atoms with Crippen molar-refractivity contribution < 1.29 is 19.2 Å². The summed E-state index contributed by atoms with van der Waals surface area (Å²) in [6.45, 7) is 0. The molecule has 0 bridgehead atoms. The SMILES string of the molecule is COc1ccc(Br)cc1C=NNC(=O)c1ccc(NC(=O)c2cccc([N+](=O)[O-])c2)cc1. The first-order valence-corrected chi connectivity index (χ1v) is 9.99. The Morgan fingerprint density at radius 3 is 2.47 bits per heavy atom. The van der Waals surface area contributed by atoms with Crippen LogP contribution in [0.25, 0.3) is 0 Å². The van der Waals surface area contributed by atoms with Crippen LogP contribution in [0.15, 0.2) is 76.3 Å². The summed E-state index contributed by atoms with van der Waals surface area (Å²) in [7, 11) is 1.54. The average Bonchev–Trinajstić information content (AvgIpc) is 2.79. The predicted molar refractivity (Wildman–Crippen MR) is 123 cm³/mol. The Labute approximate surface area is 191 Å². The van der Waals surface area contributed by atoms with Gasteiger partial charge in [-0.05, 0) is 48.5 Å². The van der Waals surface area contributed by atoms with Gasteiger partial charge in [0.25, 0.3) is 17.5 Å².